The fraction of sp³-hybridized carbons (Fsp3) is 0.250. The Balaban J connectivity index is 0.00000145. The third-order valence-electron chi connectivity index (χ3n) is 4.03. The average molecular weight is 451 g/mol. The van der Waals surface area contributed by atoms with Crippen LogP contribution in [-0.2, 0) is 22.2 Å². The van der Waals surface area contributed by atoms with Crippen molar-refractivity contribution in [3.8, 4) is 11.3 Å². The molecular weight excluding hydrogens is 428 g/mol. The fourth-order valence-corrected chi connectivity index (χ4v) is 4.56. The van der Waals surface area contributed by atoms with Gasteiger partial charge in [0.1, 0.15) is 15.2 Å². The van der Waals surface area contributed by atoms with Gasteiger partial charge in [-0.1, -0.05) is 41.7 Å². The van der Waals surface area contributed by atoms with Crippen LogP contribution in [-0.4, -0.2) is 40.6 Å². The van der Waals surface area contributed by atoms with Crippen molar-refractivity contribution in [2.24, 2.45) is 0 Å². The molecule has 0 radical (unpaired) electrons. The maximum atomic E-state index is 12.6. The normalized spacial score (nSPS) is 11.3. The van der Waals surface area contributed by atoms with Crippen molar-refractivity contribution in [3.05, 3.63) is 59.9 Å². The van der Waals surface area contributed by atoms with Crippen LogP contribution in [0.15, 0.2) is 52.9 Å². The Labute approximate surface area is 182 Å². The molecule has 2 heterocycles. The largest absolute Gasteiger partial charge is 0.291 e. The number of anilines is 1. The number of alkyl halides is 1. The second-order valence-corrected chi connectivity index (χ2v) is 8.47. The number of pyridine rings is 1. The molecule has 0 aliphatic carbocycles. The minimum Gasteiger partial charge on any atom is -0.291 e. The first-order valence-electron chi connectivity index (χ1n) is 8.71. The summed E-state index contributed by atoms with van der Waals surface area (Å²) >= 11 is 5.90. The van der Waals surface area contributed by atoms with Crippen LogP contribution < -0.4 is 9.62 Å². The number of benzene rings is 1. The SMILES string of the molecule is CCl.CNS(=O)c1sc(N(C)C(=O)Cc2ccc(-c3ccccn3)cc2)nc1C. The molecule has 1 atom stereocenters. The van der Waals surface area contributed by atoms with Crippen molar-refractivity contribution in [1.29, 1.82) is 0 Å². The Hall–Kier alpha value is -2.13. The Kier molecular flexibility index (Phi) is 8.91. The van der Waals surface area contributed by atoms with E-state index in [0.29, 0.717) is 15.0 Å². The predicted octanol–water partition coefficient (Wildman–Crippen LogP) is 3.82. The number of rotatable bonds is 6. The lowest BCUT2D eigenvalue weighted by atomic mass is 10.1. The first-order valence-corrected chi connectivity index (χ1v) is 11.4. The number of aryl methyl sites for hydroxylation is 1. The summed E-state index contributed by atoms with van der Waals surface area (Å²) in [5, 5.41) is 0.543. The minimum absolute atomic E-state index is 0.0730. The van der Waals surface area contributed by atoms with E-state index in [2.05, 4.69) is 26.3 Å². The Bertz CT molecular complexity index is 962. The predicted molar refractivity (Wildman–Crippen MR) is 121 cm³/mol. The van der Waals surface area contributed by atoms with E-state index in [1.165, 1.54) is 22.6 Å². The summed E-state index contributed by atoms with van der Waals surface area (Å²) in [5.41, 5.74) is 3.49. The molecule has 0 saturated heterocycles. The molecule has 154 valence electrons. The van der Waals surface area contributed by atoms with Crippen LogP contribution in [0.25, 0.3) is 11.3 Å². The highest BCUT2D eigenvalue weighted by molar-refractivity contribution is 7.85. The van der Waals surface area contributed by atoms with Gasteiger partial charge in [-0.2, -0.15) is 0 Å². The van der Waals surface area contributed by atoms with Crippen molar-refractivity contribution < 1.29 is 9.00 Å². The van der Waals surface area contributed by atoms with Crippen LogP contribution >= 0.6 is 22.9 Å². The zero-order valence-corrected chi connectivity index (χ0v) is 19.1. The number of nitrogens with one attached hydrogen (secondary N) is 1. The van der Waals surface area contributed by atoms with Crippen LogP contribution in [0.1, 0.15) is 11.3 Å². The molecule has 0 fully saturated rings. The van der Waals surface area contributed by atoms with E-state index in [1.54, 1.807) is 27.2 Å². The van der Waals surface area contributed by atoms with Gasteiger partial charge in [0.05, 0.1) is 17.8 Å². The van der Waals surface area contributed by atoms with E-state index in [9.17, 15) is 9.00 Å². The quantitative estimate of drug-likeness (QED) is 0.579. The Morgan fingerprint density at radius 2 is 1.90 bits per heavy atom. The molecule has 3 aromatic rings. The van der Waals surface area contributed by atoms with Crippen LogP contribution in [0, 0.1) is 6.92 Å². The molecule has 0 saturated carbocycles. The molecule has 1 amide bonds. The number of carbonyl (C=O) groups excluding carboxylic acids is 1. The maximum absolute atomic E-state index is 12.6. The molecule has 0 spiro atoms. The molecular formula is C20H23ClN4O2S2. The Morgan fingerprint density at radius 1 is 1.21 bits per heavy atom. The number of aromatic nitrogens is 2. The Morgan fingerprint density at radius 3 is 2.48 bits per heavy atom. The van der Waals surface area contributed by atoms with Gasteiger partial charge in [-0.3, -0.25) is 14.7 Å². The molecule has 1 aromatic carbocycles. The van der Waals surface area contributed by atoms with E-state index in [4.69, 9.17) is 0 Å². The highest BCUT2D eigenvalue weighted by Crippen LogP contribution is 2.28. The van der Waals surface area contributed by atoms with E-state index in [0.717, 1.165) is 16.8 Å². The number of carbonyl (C=O) groups is 1. The lowest BCUT2D eigenvalue weighted by Crippen LogP contribution is -2.27. The number of hydrogen-bond donors (Lipinski definition) is 1. The standard InChI is InChI=1S/C19H20N4O2S2.CH3Cl/c1-13-18(27(25)20-2)26-19(22-13)23(3)17(24)12-14-7-9-15(10-8-14)16-6-4-5-11-21-16;1-2/h4-11,20H,12H2,1-3H3;1H3. The van der Waals surface area contributed by atoms with Gasteiger partial charge in [0.2, 0.25) is 5.91 Å². The van der Waals surface area contributed by atoms with Crippen molar-refractivity contribution in [2.75, 3.05) is 25.4 Å². The molecule has 3 rings (SSSR count). The van der Waals surface area contributed by atoms with Gasteiger partial charge < -0.3 is 0 Å². The van der Waals surface area contributed by atoms with Crippen LogP contribution in [0.3, 0.4) is 0 Å². The minimum atomic E-state index is -1.31. The third kappa shape index (κ3) is 5.93. The number of halogens is 1. The zero-order chi connectivity index (χ0) is 21.4. The third-order valence-corrected chi connectivity index (χ3v) is 6.76. The number of hydrogen-bond acceptors (Lipinski definition) is 5. The van der Waals surface area contributed by atoms with Gasteiger partial charge in [-0.05, 0) is 31.7 Å². The molecule has 29 heavy (non-hydrogen) atoms. The summed E-state index contributed by atoms with van der Waals surface area (Å²) in [6.45, 7) is 1.79. The van der Waals surface area contributed by atoms with Crippen LogP contribution in [0.4, 0.5) is 5.13 Å². The van der Waals surface area contributed by atoms with Crippen LogP contribution in [0.5, 0.6) is 0 Å². The van der Waals surface area contributed by atoms with Gasteiger partial charge in [0.15, 0.2) is 5.13 Å². The molecule has 2 aromatic heterocycles. The van der Waals surface area contributed by atoms with Gasteiger partial charge in [0, 0.05) is 25.2 Å². The first-order chi connectivity index (χ1) is 14.0. The second kappa shape index (κ2) is 11.2. The van der Waals surface area contributed by atoms with Crippen LogP contribution in [0.2, 0.25) is 0 Å². The molecule has 6 nitrogen and oxygen atoms in total. The summed E-state index contributed by atoms with van der Waals surface area (Å²) in [4.78, 5) is 22.8. The fourth-order valence-electron chi connectivity index (χ4n) is 2.50. The number of nitrogens with zero attached hydrogens (tertiary/aromatic N) is 3. The van der Waals surface area contributed by atoms with Crippen molar-refractivity contribution >= 4 is 45.0 Å². The zero-order valence-electron chi connectivity index (χ0n) is 16.7. The summed E-state index contributed by atoms with van der Waals surface area (Å²) in [5.74, 6) is -0.0730. The van der Waals surface area contributed by atoms with Gasteiger partial charge >= 0.3 is 0 Å². The van der Waals surface area contributed by atoms with E-state index in [-0.39, 0.29) is 12.3 Å². The maximum Gasteiger partial charge on any atom is 0.232 e. The molecule has 0 bridgehead atoms. The molecule has 0 aliphatic rings. The molecule has 9 heteroatoms. The van der Waals surface area contributed by atoms with E-state index < -0.39 is 11.0 Å². The highest BCUT2D eigenvalue weighted by Gasteiger charge is 2.19. The molecule has 1 N–H and O–H groups in total. The first kappa shape index (κ1) is 23.2. The number of thiazole rings is 1. The lowest BCUT2D eigenvalue weighted by Gasteiger charge is -2.13. The molecule has 0 aliphatic heterocycles. The summed E-state index contributed by atoms with van der Waals surface area (Å²) in [6.07, 6.45) is 3.50. The smallest absolute Gasteiger partial charge is 0.232 e. The summed E-state index contributed by atoms with van der Waals surface area (Å²) in [7, 11) is 2.01. The van der Waals surface area contributed by atoms with Crippen molar-refractivity contribution in [1.82, 2.24) is 14.7 Å². The van der Waals surface area contributed by atoms with E-state index >= 15 is 0 Å². The van der Waals surface area contributed by atoms with Crippen molar-refractivity contribution in [3.63, 3.8) is 0 Å². The molecule has 1 unspecified atom stereocenters. The van der Waals surface area contributed by atoms with E-state index in [1.807, 2.05) is 42.5 Å². The summed E-state index contributed by atoms with van der Waals surface area (Å²) < 4.78 is 15.3. The van der Waals surface area contributed by atoms with Gasteiger partial charge in [-0.25, -0.2) is 13.9 Å². The topological polar surface area (TPSA) is 75.2 Å². The number of likely N-dealkylation sites (N-methyl/N-ethyl adjacent to an activating group) is 1. The number of amides is 1. The van der Waals surface area contributed by atoms with Crippen molar-refractivity contribution in [2.45, 2.75) is 17.6 Å². The van der Waals surface area contributed by atoms with Gasteiger partial charge in [0.25, 0.3) is 0 Å². The second-order valence-electron chi connectivity index (χ2n) is 5.88. The monoisotopic (exact) mass is 450 g/mol. The highest BCUT2D eigenvalue weighted by atomic mass is 35.5. The summed E-state index contributed by atoms with van der Waals surface area (Å²) in [6, 6.07) is 13.6. The average Bonchev–Trinajstić information content (AvgIpc) is 3.16. The van der Waals surface area contributed by atoms with Gasteiger partial charge in [-0.15, -0.1) is 11.6 Å². The lowest BCUT2D eigenvalue weighted by molar-refractivity contribution is -0.117.